The molecule has 1 atom stereocenters. The van der Waals surface area contributed by atoms with Crippen molar-refractivity contribution in [2.45, 2.75) is 32.8 Å². The Labute approximate surface area is 107 Å². The number of aromatic nitrogens is 2. The van der Waals surface area contributed by atoms with Crippen LogP contribution in [0.3, 0.4) is 0 Å². The van der Waals surface area contributed by atoms with Gasteiger partial charge in [-0.3, -0.25) is 5.43 Å². The van der Waals surface area contributed by atoms with E-state index in [0.29, 0.717) is 11.9 Å². The average Bonchev–Trinajstić information content (AvgIpc) is 2.38. The van der Waals surface area contributed by atoms with E-state index in [1.165, 1.54) is 0 Å². The standard InChI is InChI=1S/C12H21N5O/c1-8-7-11(15-12(14-8)16-13)17-5-3-10(4-6-17)9(2)18/h7,9-10,18H,3-6,13H2,1-2H3,(H,14,15,16). The van der Waals surface area contributed by atoms with Gasteiger partial charge in [0.2, 0.25) is 5.95 Å². The first-order chi connectivity index (χ1) is 8.60. The quantitative estimate of drug-likeness (QED) is 0.540. The van der Waals surface area contributed by atoms with E-state index < -0.39 is 0 Å². The fourth-order valence-electron chi connectivity index (χ4n) is 2.39. The Morgan fingerprint density at radius 3 is 2.67 bits per heavy atom. The van der Waals surface area contributed by atoms with Crippen LogP contribution >= 0.6 is 0 Å². The molecule has 1 aromatic rings. The number of aliphatic hydroxyl groups is 1. The lowest BCUT2D eigenvalue weighted by Gasteiger charge is -2.34. The third kappa shape index (κ3) is 2.88. The molecule has 2 rings (SSSR count). The molecule has 0 bridgehead atoms. The number of hydrogen-bond donors (Lipinski definition) is 3. The van der Waals surface area contributed by atoms with Gasteiger partial charge in [-0.25, -0.2) is 10.8 Å². The van der Waals surface area contributed by atoms with Crippen molar-refractivity contribution >= 4 is 11.8 Å². The number of nitrogens with one attached hydrogen (secondary N) is 1. The van der Waals surface area contributed by atoms with Crippen LogP contribution in [0.1, 0.15) is 25.5 Å². The van der Waals surface area contributed by atoms with E-state index in [9.17, 15) is 5.11 Å². The van der Waals surface area contributed by atoms with Crippen molar-refractivity contribution < 1.29 is 5.11 Å². The van der Waals surface area contributed by atoms with Gasteiger partial charge < -0.3 is 10.0 Å². The number of aliphatic hydroxyl groups excluding tert-OH is 1. The van der Waals surface area contributed by atoms with Crippen LogP contribution in [-0.4, -0.2) is 34.3 Å². The minimum atomic E-state index is -0.222. The molecule has 0 aromatic carbocycles. The number of nitrogens with zero attached hydrogens (tertiary/aromatic N) is 3. The minimum Gasteiger partial charge on any atom is -0.393 e. The van der Waals surface area contributed by atoms with Crippen molar-refractivity contribution in [1.82, 2.24) is 9.97 Å². The summed E-state index contributed by atoms with van der Waals surface area (Å²) in [7, 11) is 0. The first-order valence-electron chi connectivity index (χ1n) is 6.35. The summed E-state index contributed by atoms with van der Waals surface area (Å²) < 4.78 is 0. The van der Waals surface area contributed by atoms with E-state index in [-0.39, 0.29) is 6.10 Å². The molecule has 1 aliphatic heterocycles. The number of nitrogens with two attached hydrogens (primary N) is 1. The summed E-state index contributed by atoms with van der Waals surface area (Å²) in [5.41, 5.74) is 3.38. The van der Waals surface area contributed by atoms with Gasteiger partial charge in [0.1, 0.15) is 5.82 Å². The van der Waals surface area contributed by atoms with E-state index in [2.05, 4.69) is 20.3 Å². The molecule has 1 saturated heterocycles. The molecule has 0 radical (unpaired) electrons. The van der Waals surface area contributed by atoms with Crippen LogP contribution in [0.25, 0.3) is 0 Å². The summed E-state index contributed by atoms with van der Waals surface area (Å²) >= 11 is 0. The maximum atomic E-state index is 9.59. The fraction of sp³-hybridized carbons (Fsp3) is 0.667. The molecule has 2 heterocycles. The predicted octanol–water partition coefficient (Wildman–Crippen LogP) is 0.668. The van der Waals surface area contributed by atoms with Crippen molar-refractivity contribution in [3.05, 3.63) is 11.8 Å². The van der Waals surface area contributed by atoms with E-state index in [1.807, 2.05) is 19.9 Å². The topological polar surface area (TPSA) is 87.3 Å². The third-order valence-corrected chi connectivity index (χ3v) is 3.52. The summed E-state index contributed by atoms with van der Waals surface area (Å²) in [6.07, 6.45) is 1.76. The number of nitrogen functional groups attached to an aromatic ring is 1. The zero-order chi connectivity index (χ0) is 13.1. The molecular formula is C12H21N5O. The van der Waals surface area contributed by atoms with E-state index in [1.54, 1.807) is 0 Å². The minimum absolute atomic E-state index is 0.222. The third-order valence-electron chi connectivity index (χ3n) is 3.52. The Balaban J connectivity index is 2.07. The van der Waals surface area contributed by atoms with Crippen molar-refractivity contribution in [3.8, 4) is 0 Å². The second-order valence-corrected chi connectivity index (χ2v) is 4.90. The van der Waals surface area contributed by atoms with E-state index in [0.717, 1.165) is 37.4 Å². The van der Waals surface area contributed by atoms with Gasteiger partial charge in [0.25, 0.3) is 0 Å². The number of aryl methyl sites for hydroxylation is 1. The molecule has 1 unspecified atom stereocenters. The molecule has 0 spiro atoms. The number of rotatable bonds is 3. The van der Waals surface area contributed by atoms with Crippen molar-refractivity contribution in [2.24, 2.45) is 11.8 Å². The highest BCUT2D eigenvalue weighted by Gasteiger charge is 2.23. The SMILES string of the molecule is Cc1cc(N2CCC(C(C)O)CC2)nc(NN)n1. The Bertz CT molecular complexity index is 401. The maximum absolute atomic E-state index is 9.59. The molecule has 0 saturated carbocycles. The molecule has 1 aliphatic rings. The van der Waals surface area contributed by atoms with Gasteiger partial charge in [-0.05, 0) is 32.6 Å². The number of hydrogen-bond acceptors (Lipinski definition) is 6. The molecule has 6 nitrogen and oxygen atoms in total. The first-order valence-corrected chi connectivity index (χ1v) is 6.35. The number of hydrazine groups is 1. The van der Waals surface area contributed by atoms with Gasteiger partial charge in [0.05, 0.1) is 6.10 Å². The fourth-order valence-corrected chi connectivity index (χ4v) is 2.39. The van der Waals surface area contributed by atoms with Gasteiger partial charge in [0.15, 0.2) is 0 Å². The maximum Gasteiger partial charge on any atom is 0.239 e. The monoisotopic (exact) mass is 251 g/mol. The summed E-state index contributed by atoms with van der Waals surface area (Å²) in [4.78, 5) is 10.8. The zero-order valence-electron chi connectivity index (χ0n) is 10.9. The van der Waals surface area contributed by atoms with Gasteiger partial charge >= 0.3 is 0 Å². The van der Waals surface area contributed by atoms with Crippen LogP contribution in [0.4, 0.5) is 11.8 Å². The molecule has 0 aliphatic carbocycles. The Morgan fingerprint density at radius 2 is 2.11 bits per heavy atom. The summed E-state index contributed by atoms with van der Waals surface area (Å²) in [6, 6.07) is 1.96. The zero-order valence-corrected chi connectivity index (χ0v) is 10.9. The molecular weight excluding hydrogens is 230 g/mol. The number of anilines is 2. The van der Waals surface area contributed by atoms with Gasteiger partial charge in [-0.2, -0.15) is 4.98 Å². The van der Waals surface area contributed by atoms with Crippen LogP contribution < -0.4 is 16.2 Å². The van der Waals surface area contributed by atoms with Crippen LogP contribution in [0.5, 0.6) is 0 Å². The van der Waals surface area contributed by atoms with Crippen LogP contribution in [0.15, 0.2) is 6.07 Å². The second-order valence-electron chi connectivity index (χ2n) is 4.90. The lowest BCUT2D eigenvalue weighted by Crippen LogP contribution is -2.37. The first kappa shape index (κ1) is 13.0. The highest BCUT2D eigenvalue weighted by Crippen LogP contribution is 2.24. The van der Waals surface area contributed by atoms with Crippen molar-refractivity contribution in [1.29, 1.82) is 0 Å². The lowest BCUT2D eigenvalue weighted by molar-refractivity contribution is 0.110. The Kier molecular flexibility index (Phi) is 3.98. The van der Waals surface area contributed by atoms with Crippen LogP contribution in [-0.2, 0) is 0 Å². The average molecular weight is 251 g/mol. The van der Waals surface area contributed by atoms with Crippen molar-refractivity contribution in [3.63, 3.8) is 0 Å². The lowest BCUT2D eigenvalue weighted by atomic mass is 9.92. The van der Waals surface area contributed by atoms with Crippen LogP contribution in [0.2, 0.25) is 0 Å². The predicted molar refractivity (Wildman–Crippen MR) is 71.2 cm³/mol. The Hall–Kier alpha value is -1.40. The largest absolute Gasteiger partial charge is 0.393 e. The summed E-state index contributed by atoms with van der Waals surface area (Å²) in [5.74, 6) is 7.10. The molecule has 1 fully saturated rings. The molecule has 1 aromatic heterocycles. The summed E-state index contributed by atoms with van der Waals surface area (Å²) in [6.45, 7) is 5.62. The van der Waals surface area contributed by atoms with Gasteiger partial charge in [-0.1, -0.05) is 0 Å². The number of piperidine rings is 1. The van der Waals surface area contributed by atoms with E-state index >= 15 is 0 Å². The smallest absolute Gasteiger partial charge is 0.239 e. The second kappa shape index (κ2) is 5.49. The van der Waals surface area contributed by atoms with Crippen LogP contribution in [0, 0.1) is 12.8 Å². The molecule has 100 valence electrons. The molecule has 4 N–H and O–H groups in total. The van der Waals surface area contributed by atoms with Gasteiger partial charge in [-0.15, -0.1) is 0 Å². The normalized spacial score (nSPS) is 18.8. The molecule has 6 heteroatoms. The highest BCUT2D eigenvalue weighted by molar-refractivity contribution is 5.44. The highest BCUT2D eigenvalue weighted by atomic mass is 16.3. The Morgan fingerprint density at radius 1 is 1.44 bits per heavy atom. The summed E-state index contributed by atoms with van der Waals surface area (Å²) in [5, 5.41) is 9.59. The van der Waals surface area contributed by atoms with Crippen molar-refractivity contribution in [2.75, 3.05) is 23.4 Å². The molecule has 18 heavy (non-hydrogen) atoms. The van der Waals surface area contributed by atoms with E-state index in [4.69, 9.17) is 5.84 Å². The van der Waals surface area contributed by atoms with Gasteiger partial charge in [0, 0.05) is 24.8 Å². The molecule has 0 amide bonds.